The molecular weight excluding hydrogens is 318 g/mol. The van der Waals surface area contributed by atoms with Crippen LogP contribution in [0.3, 0.4) is 0 Å². The van der Waals surface area contributed by atoms with Crippen LogP contribution in [0.4, 0.5) is 17.1 Å². The van der Waals surface area contributed by atoms with E-state index in [0.717, 1.165) is 11.4 Å². The number of amides is 2. The highest BCUT2D eigenvalue weighted by atomic mass is 16.5. The Morgan fingerprint density at radius 3 is 1.80 bits per heavy atom. The zero-order valence-corrected chi connectivity index (χ0v) is 14.7. The minimum Gasteiger partial charge on any atom is -0.494 e. The van der Waals surface area contributed by atoms with E-state index in [4.69, 9.17) is 4.74 Å². The number of hydrogen-bond acceptors (Lipinski definition) is 4. The summed E-state index contributed by atoms with van der Waals surface area (Å²) in [6.45, 7) is 2.49. The van der Waals surface area contributed by atoms with Crippen LogP contribution < -0.4 is 20.3 Å². The van der Waals surface area contributed by atoms with Crippen molar-refractivity contribution in [2.75, 3.05) is 36.2 Å². The smallest absolute Gasteiger partial charge is 0.233 e. The summed E-state index contributed by atoms with van der Waals surface area (Å²) >= 11 is 0. The van der Waals surface area contributed by atoms with Gasteiger partial charge in [-0.25, -0.2) is 0 Å². The van der Waals surface area contributed by atoms with Crippen molar-refractivity contribution in [1.29, 1.82) is 0 Å². The van der Waals surface area contributed by atoms with Gasteiger partial charge in [0.2, 0.25) is 11.8 Å². The zero-order chi connectivity index (χ0) is 18.2. The van der Waals surface area contributed by atoms with Gasteiger partial charge in [-0.1, -0.05) is 0 Å². The molecule has 6 heteroatoms. The fraction of sp³-hybridized carbons (Fsp3) is 0.263. The molecular formula is C19H23N3O3. The van der Waals surface area contributed by atoms with Crippen LogP contribution in [-0.2, 0) is 9.59 Å². The van der Waals surface area contributed by atoms with Gasteiger partial charge in [0, 0.05) is 31.2 Å². The second-order valence-electron chi connectivity index (χ2n) is 5.67. The second kappa shape index (κ2) is 8.73. The van der Waals surface area contributed by atoms with Crippen LogP contribution in [-0.4, -0.2) is 32.5 Å². The first kappa shape index (κ1) is 18.3. The highest BCUT2D eigenvalue weighted by Crippen LogP contribution is 2.17. The zero-order valence-electron chi connectivity index (χ0n) is 14.7. The van der Waals surface area contributed by atoms with Crippen LogP contribution in [0.2, 0.25) is 0 Å². The van der Waals surface area contributed by atoms with Crippen molar-refractivity contribution >= 4 is 28.9 Å². The van der Waals surface area contributed by atoms with Gasteiger partial charge in [-0.15, -0.1) is 0 Å². The molecule has 0 atom stereocenters. The molecule has 2 rings (SSSR count). The molecule has 0 saturated heterocycles. The molecule has 132 valence electrons. The van der Waals surface area contributed by atoms with Crippen molar-refractivity contribution in [3.8, 4) is 5.75 Å². The first-order chi connectivity index (χ1) is 12.0. The number of carbonyl (C=O) groups excluding carboxylic acids is 2. The monoisotopic (exact) mass is 341 g/mol. The van der Waals surface area contributed by atoms with Gasteiger partial charge in [-0.05, 0) is 55.5 Å². The Morgan fingerprint density at radius 1 is 0.880 bits per heavy atom. The molecule has 0 aliphatic heterocycles. The third-order valence-corrected chi connectivity index (χ3v) is 3.44. The summed E-state index contributed by atoms with van der Waals surface area (Å²) in [5, 5.41) is 5.40. The molecule has 0 fully saturated rings. The highest BCUT2D eigenvalue weighted by Gasteiger charge is 2.10. The predicted octanol–water partition coefficient (Wildman–Crippen LogP) is 3.12. The summed E-state index contributed by atoms with van der Waals surface area (Å²) in [5.74, 6) is 0.00650. The Balaban J connectivity index is 1.84. The van der Waals surface area contributed by atoms with Gasteiger partial charge in [-0.2, -0.15) is 0 Å². The maximum Gasteiger partial charge on any atom is 0.233 e. The van der Waals surface area contributed by atoms with Crippen molar-refractivity contribution in [3.63, 3.8) is 0 Å². The van der Waals surface area contributed by atoms with Gasteiger partial charge in [0.15, 0.2) is 0 Å². The SMILES string of the molecule is CCOc1ccc(NC(=O)CC(=O)Nc2ccc(N(C)C)cc2)cc1. The lowest BCUT2D eigenvalue weighted by Crippen LogP contribution is -2.21. The minimum atomic E-state index is -0.369. The first-order valence-corrected chi connectivity index (χ1v) is 8.08. The topological polar surface area (TPSA) is 70.7 Å². The van der Waals surface area contributed by atoms with Crippen molar-refractivity contribution in [2.45, 2.75) is 13.3 Å². The molecule has 0 heterocycles. The number of nitrogens with one attached hydrogen (secondary N) is 2. The quantitative estimate of drug-likeness (QED) is 0.759. The summed E-state index contributed by atoms with van der Waals surface area (Å²) in [5.41, 5.74) is 2.31. The molecule has 0 saturated carbocycles. The molecule has 0 aliphatic carbocycles. The summed E-state index contributed by atoms with van der Waals surface area (Å²) in [7, 11) is 3.89. The molecule has 2 aromatic carbocycles. The fourth-order valence-electron chi connectivity index (χ4n) is 2.20. The van der Waals surface area contributed by atoms with Gasteiger partial charge in [0.05, 0.1) is 6.61 Å². The molecule has 2 amide bonds. The molecule has 0 radical (unpaired) electrons. The summed E-state index contributed by atoms with van der Waals surface area (Å²) in [6, 6.07) is 14.4. The van der Waals surface area contributed by atoms with Crippen molar-refractivity contribution in [1.82, 2.24) is 0 Å². The third kappa shape index (κ3) is 5.84. The number of hydrogen-bond donors (Lipinski definition) is 2. The van der Waals surface area contributed by atoms with E-state index in [9.17, 15) is 9.59 Å². The van der Waals surface area contributed by atoms with E-state index in [1.807, 2.05) is 38.1 Å². The van der Waals surface area contributed by atoms with Gasteiger partial charge >= 0.3 is 0 Å². The van der Waals surface area contributed by atoms with E-state index >= 15 is 0 Å². The maximum absolute atomic E-state index is 12.0. The van der Waals surface area contributed by atoms with Crippen molar-refractivity contribution < 1.29 is 14.3 Å². The van der Waals surface area contributed by atoms with E-state index in [1.54, 1.807) is 36.4 Å². The van der Waals surface area contributed by atoms with Gasteiger partial charge in [0.25, 0.3) is 0 Å². The molecule has 0 aliphatic rings. The summed E-state index contributed by atoms with van der Waals surface area (Å²) < 4.78 is 5.34. The highest BCUT2D eigenvalue weighted by molar-refractivity contribution is 6.08. The molecule has 0 unspecified atom stereocenters. The molecule has 0 aromatic heterocycles. The minimum absolute atomic E-state index is 0.247. The summed E-state index contributed by atoms with van der Waals surface area (Å²) in [4.78, 5) is 25.9. The number of benzene rings is 2. The van der Waals surface area contributed by atoms with Crippen LogP contribution in [0.1, 0.15) is 13.3 Å². The maximum atomic E-state index is 12.0. The van der Waals surface area contributed by atoms with Crippen molar-refractivity contribution in [3.05, 3.63) is 48.5 Å². The second-order valence-corrected chi connectivity index (χ2v) is 5.67. The van der Waals surface area contributed by atoms with E-state index in [1.165, 1.54) is 0 Å². The first-order valence-electron chi connectivity index (χ1n) is 8.08. The standard InChI is InChI=1S/C19H23N3O3/c1-4-25-17-11-7-15(8-12-17)21-19(24)13-18(23)20-14-5-9-16(10-6-14)22(2)3/h5-12H,4,13H2,1-3H3,(H,20,23)(H,21,24). The summed E-state index contributed by atoms with van der Waals surface area (Å²) in [6.07, 6.45) is -0.247. The number of rotatable bonds is 7. The van der Waals surface area contributed by atoms with Gasteiger partial charge < -0.3 is 20.3 Å². The van der Waals surface area contributed by atoms with E-state index in [0.29, 0.717) is 18.0 Å². The Bertz CT molecular complexity index is 710. The Morgan fingerprint density at radius 2 is 1.36 bits per heavy atom. The molecule has 0 spiro atoms. The van der Waals surface area contributed by atoms with E-state index in [2.05, 4.69) is 10.6 Å². The number of nitrogens with zero attached hydrogens (tertiary/aromatic N) is 1. The largest absolute Gasteiger partial charge is 0.494 e. The van der Waals surface area contributed by atoms with Crippen LogP contribution in [0.25, 0.3) is 0 Å². The molecule has 6 nitrogen and oxygen atoms in total. The van der Waals surface area contributed by atoms with E-state index < -0.39 is 0 Å². The number of ether oxygens (including phenoxy) is 1. The number of anilines is 3. The molecule has 25 heavy (non-hydrogen) atoms. The van der Waals surface area contributed by atoms with Gasteiger partial charge in [0.1, 0.15) is 12.2 Å². The third-order valence-electron chi connectivity index (χ3n) is 3.44. The Labute approximate surface area is 147 Å². The molecule has 2 N–H and O–H groups in total. The van der Waals surface area contributed by atoms with Gasteiger partial charge in [-0.3, -0.25) is 9.59 Å². The fourth-order valence-corrected chi connectivity index (χ4v) is 2.20. The lowest BCUT2D eigenvalue weighted by Gasteiger charge is -2.13. The Kier molecular flexibility index (Phi) is 6.39. The average Bonchev–Trinajstić information content (AvgIpc) is 2.57. The van der Waals surface area contributed by atoms with Crippen LogP contribution in [0.5, 0.6) is 5.75 Å². The number of carbonyl (C=O) groups is 2. The van der Waals surface area contributed by atoms with Crippen molar-refractivity contribution in [2.24, 2.45) is 0 Å². The molecule has 2 aromatic rings. The van der Waals surface area contributed by atoms with E-state index in [-0.39, 0.29) is 18.2 Å². The average molecular weight is 341 g/mol. The Hall–Kier alpha value is -3.02. The predicted molar refractivity (Wildman–Crippen MR) is 100 cm³/mol. The normalized spacial score (nSPS) is 10.0. The molecule has 0 bridgehead atoms. The van der Waals surface area contributed by atoms with Crippen LogP contribution >= 0.6 is 0 Å². The van der Waals surface area contributed by atoms with Crippen LogP contribution in [0.15, 0.2) is 48.5 Å². The lowest BCUT2D eigenvalue weighted by atomic mass is 10.2. The van der Waals surface area contributed by atoms with Crippen LogP contribution in [0, 0.1) is 0 Å². The lowest BCUT2D eigenvalue weighted by molar-refractivity contribution is -0.123.